The summed E-state index contributed by atoms with van der Waals surface area (Å²) in [6, 6.07) is 5.13. The Morgan fingerprint density at radius 2 is 2.04 bits per heavy atom. The van der Waals surface area contributed by atoms with Gasteiger partial charge < -0.3 is 19.1 Å². The molecule has 0 spiro atoms. The third-order valence-electron chi connectivity index (χ3n) is 3.30. The molecular weight excluding hydrogens is 313 g/mol. The first-order valence-electron chi connectivity index (χ1n) is 6.79. The van der Waals surface area contributed by atoms with Crippen molar-refractivity contribution in [2.75, 3.05) is 14.2 Å². The highest BCUT2D eigenvalue weighted by molar-refractivity contribution is 5.59. The van der Waals surface area contributed by atoms with E-state index in [1.54, 1.807) is 18.2 Å². The highest BCUT2D eigenvalue weighted by Crippen LogP contribution is 2.28. The van der Waals surface area contributed by atoms with Crippen LogP contribution in [-0.2, 0) is 17.9 Å². The number of alkyl halides is 3. The summed E-state index contributed by atoms with van der Waals surface area (Å²) in [5.41, 5.74) is 1.36. The molecule has 0 unspecified atom stereocenters. The minimum Gasteiger partial charge on any atom is -0.496 e. The van der Waals surface area contributed by atoms with Gasteiger partial charge in [0, 0.05) is 30.6 Å². The van der Waals surface area contributed by atoms with Crippen LogP contribution in [0.5, 0.6) is 5.75 Å². The fraction of sp³-hybridized carbons (Fsp3) is 0.400. The van der Waals surface area contributed by atoms with E-state index in [-0.39, 0.29) is 0 Å². The summed E-state index contributed by atoms with van der Waals surface area (Å²) in [5, 5.41) is 9.24. The average Bonchev–Trinajstić information content (AvgIpc) is 2.94. The molecule has 2 aromatic rings. The molecule has 126 valence electrons. The normalized spacial score (nSPS) is 13.1. The second kappa shape index (κ2) is 7.01. The number of rotatable bonds is 6. The molecule has 1 aromatic heterocycles. The van der Waals surface area contributed by atoms with Crippen LogP contribution in [0.4, 0.5) is 13.2 Å². The number of hydrogen-bond acceptors (Lipinski definition) is 4. The van der Waals surface area contributed by atoms with E-state index in [1.807, 2.05) is 0 Å². The molecular formula is C15H17F3N2O3. The summed E-state index contributed by atoms with van der Waals surface area (Å²) in [5.74, 6) is 0.942. The quantitative estimate of drug-likeness (QED) is 0.885. The summed E-state index contributed by atoms with van der Waals surface area (Å²) in [4.78, 5) is 4.08. The van der Waals surface area contributed by atoms with Crippen LogP contribution < -0.4 is 4.74 Å². The van der Waals surface area contributed by atoms with Gasteiger partial charge in [-0.15, -0.1) is 0 Å². The molecule has 0 saturated carbocycles. The number of aliphatic hydroxyl groups is 1. The molecule has 5 nitrogen and oxygen atoms in total. The van der Waals surface area contributed by atoms with Gasteiger partial charge in [0.15, 0.2) is 6.10 Å². The van der Waals surface area contributed by atoms with E-state index < -0.39 is 18.8 Å². The molecule has 8 heteroatoms. The largest absolute Gasteiger partial charge is 0.496 e. The number of nitrogens with zero attached hydrogens (tertiary/aromatic N) is 2. The van der Waals surface area contributed by atoms with Crippen LogP contribution in [0, 0.1) is 0 Å². The van der Waals surface area contributed by atoms with E-state index >= 15 is 0 Å². The van der Waals surface area contributed by atoms with Gasteiger partial charge in [-0.3, -0.25) is 0 Å². The molecule has 23 heavy (non-hydrogen) atoms. The standard InChI is InChI=1S/C15H17F3N2O3/c1-22-9-11-7-10(3-4-12(11)23-2)14-19-5-6-20(14)8-13(21)15(16,17)18/h3-7,13,21H,8-9H2,1-2H3/t13-/m1/s1. The lowest BCUT2D eigenvalue weighted by atomic mass is 10.1. The molecule has 0 bridgehead atoms. The topological polar surface area (TPSA) is 56.5 Å². The lowest BCUT2D eigenvalue weighted by Crippen LogP contribution is -2.32. The zero-order chi connectivity index (χ0) is 17.0. The Bertz CT molecular complexity index is 656. The number of aromatic nitrogens is 2. The number of ether oxygens (including phenoxy) is 2. The number of methoxy groups -OCH3 is 2. The van der Waals surface area contributed by atoms with E-state index in [0.29, 0.717) is 23.7 Å². The van der Waals surface area contributed by atoms with Crippen molar-refractivity contribution in [1.82, 2.24) is 9.55 Å². The Hall–Kier alpha value is -2.06. The minimum absolute atomic E-state index is 0.295. The Morgan fingerprint density at radius 3 is 2.65 bits per heavy atom. The van der Waals surface area contributed by atoms with Gasteiger partial charge in [0.05, 0.1) is 20.3 Å². The molecule has 0 radical (unpaired) electrons. The molecule has 0 aliphatic rings. The molecule has 1 N–H and O–H groups in total. The Balaban J connectivity index is 2.33. The summed E-state index contributed by atoms with van der Waals surface area (Å²) in [6.45, 7) is -0.326. The number of halogens is 3. The van der Waals surface area contributed by atoms with Crippen LogP contribution in [0.2, 0.25) is 0 Å². The van der Waals surface area contributed by atoms with Crippen molar-refractivity contribution < 1.29 is 27.8 Å². The molecule has 0 aliphatic heterocycles. The minimum atomic E-state index is -4.68. The molecule has 2 rings (SSSR count). The lowest BCUT2D eigenvalue weighted by Gasteiger charge is -2.17. The van der Waals surface area contributed by atoms with Gasteiger partial charge >= 0.3 is 6.18 Å². The van der Waals surface area contributed by atoms with E-state index in [9.17, 15) is 18.3 Å². The average molecular weight is 330 g/mol. The molecule has 1 aromatic carbocycles. The summed E-state index contributed by atoms with van der Waals surface area (Å²) >= 11 is 0. The van der Waals surface area contributed by atoms with Crippen LogP contribution >= 0.6 is 0 Å². The zero-order valence-electron chi connectivity index (χ0n) is 12.7. The first-order chi connectivity index (χ1) is 10.9. The highest BCUT2D eigenvalue weighted by atomic mass is 19.4. The first-order valence-corrected chi connectivity index (χ1v) is 6.79. The van der Waals surface area contributed by atoms with Gasteiger partial charge in [-0.25, -0.2) is 4.98 Å². The lowest BCUT2D eigenvalue weighted by molar-refractivity contribution is -0.207. The summed E-state index contributed by atoms with van der Waals surface area (Å²) < 4.78 is 49.1. The van der Waals surface area contributed by atoms with Gasteiger partial charge in [-0.2, -0.15) is 13.2 Å². The molecule has 0 aliphatic carbocycles. The first kappa shape index (κ1) is 17.3. The van der Waals surface area contributed by atoms with Crippen LogP contribution in [0.1, 0.15) is 5.56 Å². The van der Waals surface area contributed by atoms with E-state index in [4.69, 9.17) is 9.47 Å². The smallest absolute Gasteiger partial charge is 0.416 e. The zero-order valence-corrected chi connectivity index (χ0v) is 12.7. The summed E-state index contributed by atoms with van der Waals surface area (Å²) in [6.07, 6.45) is -4.35. The van der Waals surface area contributed by atoms with Crippen molar-refractivity contribution in [1.29, 1.82) is 0 Å². The van der Waals surface area contributed by atoms with Crippen molar-refractivity contribution in [3.05, 3.63) is 36.2 Å². The van der Waals surface area contributed by atoms with Crippen LogP contribution in [0.15, 0.2) is 30.6 Å². The molecule has 0 saturated heterocycles. The molecule has 0 fully saturated rings. The molecule has 1 atom stereocenters. The van der Waals surface area contributed by atoms with Gasteiger partial charge in [0.2, 0.25) is 0 Å². The van der Waals surface area contributed by atoms with Crippen LogP contribution in [0.3, 0.4) is 0 Å². The fourth-order valence-corrected chi connectivity index (χ4v) is 2.19. The Morgan fingerprint density at radius 1 is 1.30 bits per heavy atom. The van der Waals surface area contributed by atoms with Crippen LogP contribution in [-0.4, -0.2) is 41.2 Å². The number of hydrogen-bond donors (Lipinski definition) is 1. The maximum Gasteiger partial charge on any atom is 0.416 e. The number of imidazole rings is 1. The van der Waals surface area contributed by atoms with Gasteiger partial charge in [0.1, 0.15) is 11.6 Å². The summed E-state index contributed by atoms with van der Waals surface area (Å²) in [7, 11) is 3.06. The van der Waals surface area contributed by atoms with E-state index in [2.05, 4.69) is 4.98 Å². The van der Waals surface area contributed by atoms with Crippen molar-refractivity contribution in [3.63, 3.8) is 0 Å². The number of aliphatic hydroxyl groups excluding tert-OH is 1. The van der Waals surface area contributed by atoms with Crippen molar-refractivity contribution in [2.24, 2.45) is 0 Å². The van der Waals surface area contributed by atoms with E-state index in [1.165, 1.54) is 31.2 Å². The predicted octanol–water partition coefficient (Wildman–Crippen LogP) is 2.63. The van der Waals surface area contributed by atoms with Crippen molar-refractivity contribution >= 4 is 0 Å². The van der Waals surface area contributed by atoms with Gasteiger partial charge in [-0.1, -0.05) is 0 Å². The highest BCUT2D eigenvalue weighted by Gasteiger charge is 2.38. The monoisotopic (exact) mass is 330 g/mol. The maximum absolute atomic E-state index is 12.5. The van der Waals surface area contributed by atoms with E-state index in [0.717, 1.165) is 5.56 Å². The third kappa shape index (κ3) is 4.02. The Kier molecular flexibility index (Phi) is 5.27. The van der Waals surface area contributed by atoms with Crippen LogP contribution in [0.25, 0.3) is 11.4 Å². The van der Waals surface area contributed by atoms with Gasteiger partial charge in [-0.05, 0) is 18.2 Å². The second-order valence-corrected chi connectivity index (χ2v) is 4.92. The van der Waals surface area contributed by atoms with Gasteiger partial charge in [0.25, 0.3) is 0 Å². The molecule has 0 amide bonds. The maximum atomic E-state index is 12.5. The van der Waals surface area contributed by atoms with Crippen molar-refractivity contribution in [2.45, 2.75) is 25.4 Å². The third-order valence-corrected chi connectivity index (χ3v) is 3.30. The number of benzene rings is 1. The van der Waals surface area contributed by atoms with Crippen molar-refractivity contribution in [3.8, 4) is 17.1 Å². The molecule has 1 heterocycles. The fourth-order valence-electron chi connectivity index (χ4n) is 2.19. The SMILES string of the molecule is COCc1cc(-c2nccn2C[C@@H](O)C(F)(F)F)ccc1OC. The predicted molar refractivity (Wildman–Crippen MR) is 77.0 cm³/mol. The second-order valence-electron chi connectivity index (χ2n) is 4.92. The Labute approximate surface area is 131 Å².